The summed E-state index contributed by atoms with van der Waals surface area (Å²) in [6, 6.07) is 6.01. The summed E-state index contributed by atoms with van der Waals surface area (Å²) in [5.74, 6) is 1.20. The monoisotopic (exact) mass is 349 g/mol. The summed E-state index contributed by atoms with van der Waals surface area (Å²) in [5.41, 5.74) is 8.18. The molecular formula is C16H20BrN3O. The van der Waals surface area contributed by atoms with Gasteiger partial charge in [-0.3, -0.25) is 0 Å². The molecule has 1 saturated carbocycles. The van der Waals surface area contributed by atoms with Crippen molar-refractivity contribution in [2.24, 2.45) is 5.73 Å². The Morgan fingerprint density at radius 2 is 1.90 bits per heavy atom. The van der Waals surface area contributed by atoms with Gasteiger partial charge in [-0.1, -0.05) is 46.8 Å². The van der Waals surface area contributed by atoms with Crippen molar-refractivity contribution in [3.05, 3.63) is 34.1 Å². The second kappa shape index (κ2) is 5.89. The van der Waals surface area contributed by atoms with E-state index >= 15 is 0 Å². The minimum atomic E-state index is -0.428. The highest BCUT2D eigenvalue weighted by molar-refractivity contribution is 9.10. The Bertz CT molecular complexity index is 630. The van der Waals surface area contributed by atoms with Gasteiger partial charge in [-0.15, -0.1) is 0 Å². The molecule has 1 fully saturated rings. The summed E-state index contributed by atoms with van der Waals surface area (Å²) in [5, 5.41) is 4.16. The number of nitrogens with two attached hydrogens (primary N) is 1. The molecule has 0 saturated heterocycles. The molecule has 0 amide bonds. The normalized spacial score (nSPS) is 18.4. The molecular weight excluding hydrogens is 330 g/mol. The summed E-state index contributed by atoms with van der Waals surface area (Å²) >= 11 is 3.50. The van der Waals surface area contributed by atoms with Crippen LogP contribution in [0, 0.1) is 6.92 Å². The molecule has 1 aromatic carbocycles. The van der Waals surface area contributed by atoms with Crippen LogP contribution in [0.2, 0.25) is 0 Å². The summed E-state index contributed by atoms with van der Waals surface area (Å²) < 4.78 is 6.52. The fourth-order valence-electron chi connectivity index (χ4n) is 2.90. The molecule has 1 aliphatic carbocycles. The van der Waals surface area contributed by atoms with Crippen LogP contribution in [0.4, 0.5) is 0 Å². The Balaban J connectivity index is 1.90. The first-order valence-electron chi connectivity index (χ1n) is 7.48. The van der Waals surface area contributed by atoms with E-state index in [1.807, 2.05) is 25.1 Å². The van der Waals surface area contributed by atoms with E-state index < -0.39 is 5.54 Å². The smallest absolute Gasteiger partial charge is 0.258 e. The number of rotatable bonds is 2. The van der Waals surface area contributed by atoms with Crippen molar-refractivity contribution in [2.75, 3.05) is 0 Å². The highest BCUT2D eigenvalue weighted by atomic mass is 79.9. The second-order valence-electron chi connectivity index (χ2n) is 5.96. The standard InChI is InChI=1S/C16H20BrN3O/c1-11-10-12(6-7-13(11)17)14-19-15(20-21-14)16(18)8-4-2-3-5-9-16/h6-7,10H,2-5,8-9,18H2,1H3. The average molecular weight is 350 g/mol. The van der Waals surface area contributed by atoms with E-state index in [2.05, 4.69) is 26.1 Å². The molecule has 4 nitrogen and oxygen atoms in total. The molecule has 1 aliphatic rings. The van der Waals surface area contributed by atoms with E-state index in [-0.39, 0.29) is 0 Å². The Hall–Kier alpha value is -1.20. The first-order valence-corrected chi connectivity index (χ1v) is 8.27. The van der Waals surface area contributed by atoms with Gasteiger partial charge in [0.2, 0.25) is 0 Å². The summed E-state index contributed by atoms with van der Waals surface area (Å²) in [6.45, 7) is 2.04. The lowest BCUT2D eigenvalue weighted by Gasteiger charge is -2.23. The lowest BCUT2D eigenvalue weighted by Crippen LogP contribution is -2.37. The SMILES string of the molecule is Cc1cc(-c2nc(C3(N)CCCCCC3)no2)ccc1Br. The van der Waals surface area contributed by atoms with Gasteiger partial charge in [-0.25, -0.2) is 0 Å². The summed E-state index contributed by atoms with van der Waals surface area (Å²) in [7, 11) is 0. The average Bonchev–Trinajstić information content (AvgIpc) is 2.86. The fraction of sp³-hybridized carbons (Fsp3) is 0.500. The predicted octanol–water partition coefficient (Wildman–Crippen LogP) is 4.32. The van der Waals surface area contributed by atoms with Crippen LogP contribution >= 0.6 is 15.9 Å². The highest BCUT2D eigenvalue weighted by Crippen LogP contribution is 2.33. The maximum Gasteiger partial charge on any atom is 0.258 e. The van der Waals surface area contributed by atoms with Crippen molar-refractivity contribution < 1.29 is 4.52 Å². The summed E-state index contributed by atoms with van der Waals surface area (Å²) in [6.07, 6.45) is 6.64. The van der Waals surface area contributed by atoms with Crippen LogP contribution < -0.4 is 5.73 Å². The van der Waals surface area contributed by atoms with E-state index in [9.17, 15) is 0 Å². The molecule has 1 aromatic heterocycles. The molecule has 5 heteroatoms. The van der Waals surface area contributed by atoms with Crippen molar-refractivity contribution in [1.29, 1.82) is 0 Å². The van der Waals surface area contributed by atoms with Gasteiger partial charge in [0.05, 0.1) is 5.54 Å². The molecule has 112 valence electrons. The van der Waals surface area contributed by atoms with Crippen LogP contribution in [-0.2, 0) is 5.54 Å². The molecule has 1 heterocycles. The molecule has 2 N–H and O–H groups in total. The van der Waals surface area contributed by atoms with Crippen LogP contribution in [0.3, 0.4) is 0 Å². The van der Waals surface area contributed by atoms with Crippen LogP contribution in [0.1, 0.15) is 49.9 Å². The molecule has 0 bridgehead atoms. The first kappa shape index (κ1) is 14.7. The maximum absolute atomic E-state index is 6.53. The van der Waals surface area contributed by atoms with E-state index in [0.717, 1.165) is 41.3 Å². The zero-order valence-electron chi connectivity index (χ0n) is 12.2. The van der Waals surface area contributed by atoms with Gasteiger partial charge in [-0.05, 0) is 43.5 Å². The quantitative estimate of drug-likeness (QED) is 0.820. The third-order valence-electron chi connectivity index (χ3n) is 4.27. The maximum atomic E-state index is 6.53. The predicted molar refractivity (Wildman–Crippen MR) is 85.7 cm³/mol. The Kier molecular flexibility index (Phi) is 4.13. The van der Waals surface area contributed by atoms with E-state index in [0.29, 0.717) is 11.7 Å². The minimum Gasteiger partial charge on any atom is -0.334 e. The molecule has 21 heavy (non-hydrogen) atoms. The van der Waals surface area contributed by atoms with Crippen molar-refractivity contribution in [1.82, 2.24) is 10.1 Å². The number of nitrogens with zero attached hydrogens (tertiary/aromatic N) is 2. The lowest BCUT2D eigenvalue weighted by atomic mass is 9.91. The van der Waals surface area contributed by atoms with Crippen LogP contribution in [0.5, 0.6) is 0 Å². The third-order valence-corrected chi connectivity index (χ3v) is 5.16. The molecule has 3 rings (SSSR count). The topological polar surface area (TPSA) is 64.9 Å². The van der Waals surface area contributed by atoms with E-state index in [1.165, 1.54) is 12.8 Å². The van der Waals surface area contributed by atoms with Gasteiger partial charge in [0.25, 0.3) is 5.89 Å². The van der Waals surface area contributed by atoms with Gasteiger partial charge in [0, 0.05) is 10.0 Å². The van der Waals surface area contributed by atoms with Gasteiger partial charge >= 0.3 is 0 Å². The van der Waals surface area contributed by atoms with Crippen molar-refractivity contribution >= 4 is 15.9 Å². The van der Waals surface area contributed by atoms with E-state index in [1.54, 1.807) is 0 Å². The van der Waals surface area contributed by atoms with Crippen LogP contribution in [0.15, 0.2) is 27.2 Å². The van der Waals surface area contributed by atoms with Crippen LogP contribution in [0.25, 0.3) is 11.5 Å². The molecule has 0 spiro atoms. The number of halogens is 1. The zero-order valence-corrected chi connectivity index (χ0v) is 13.8. The second-order valence-corrected chi connectivity index (χ2v) is 6.81. The van der Waals surface area contributed by atoms with Crippen LogP contribution in [-0.4, -0.2) is 10.1 Å². The lowest BCUT2D eigenvalue weighted by molar-refractivity contribution is 0.334. The zero-order chi connectivity index (χ0) is 14.9. The number of aromatic nitrogens is 2. The van der Waals surface area contributed by atoms with Gasteiger partial charge in [0.15, 0.2) is 5.82 Å². The minimum absolute atomic E-state index is 0.428. The Labute approximate surface area is 133 Å². The number of hydrogen-bond donors (Lipinski definition) is 1. The molecule has 0 radical (unpaired) electrons. The first-order chi connectivity index (χ1) is 10.1. The third kappa shape index (κ3) is 3.04. The molecule has 0 aliphatic heterocycles. The van der Waals surface area contributed by atoms with Crippen molar-refractivity contribution in [3.8, 4) is 11.5 Å². The Morgan fingerprint density at radius 1 is 1.19 bits per heavy atom. The molecule has 2 aromatic rings. The highest BCUT2D eigenvalue weighted by Gasteiger charge is 2.33. The number of aryl methyl sites for hydroxylation is 1. The van der Waals surface area contributed by atoms with Gasteiger partial charge in [0.1, 0.15) is 0 Å². The van der Waals surface area contributed by atoms with Crippen molar-refractivity contribution in [3.63, 3.8) is 0 Å². The Morgan fingerprint density at radius 3 is 2.57 bits per heavy atom. The molecule has 0 unspecified atom stereocenters. The van der Waals surface area contributed by atoms with Crippen molar-refractivity contribution in [2.45, 2.75) is 51.0 Å². The largest absolute Gasteiger partial charge is 0.334 e. The van der Waals surface area contributed by atoms with Gasteiger partial charge in [-0.2, -0.15) is 4.98 Å². The molecule has 0 atom stereocenters. The summed E-state index contributed by atoms with van der Waals surface area (Å²) in [4.78, 5) is 4.57. The fourth-order valence-corrected chi connectivity index (χ4v) is 3.15. The van der Waals surface area contributed by atoms with E-state index in [4.69, 9.17) is 10.3 Å². The number of hydrogen-bond acceptors (Lipinski definition) is 4. The number of benzene rings is 1. The van der Waals surface area contributed by atoms with Gasteiger partial charge < -0.3 is 10.3 Å².